The molecule has 2 atom stereocenters. The second kappa shape index (κ2) is 8.56. The Hall–Kier alpha value is -1.58. The quantitative estimate of drug-likeness (QED) is 0.566. The van der Waals surface area contributed by atoms with Gasteiger partial charge in [-0.25, -0.2) is 0 Å². The average molecular weight is 282 g/mol. The number of carboxylic acid groups (broad SMARTS) is 2. The van der Waals surface area contributed by atoms with Crippen molar-refractivity contribution >= 4 is 11.9 Å². The first-order chi connectivity index (χ1) is 9.35. The van der Waals surface area contributed by atoms with Gasteiger partial charge in [0.2, 0.25) is 0 Å². The summed E-state index contributed by atoms with van der Waals surface area (Å²) in [5, 5.41) is 18.5. The number of rotatable bonds is 11. The minimum absolute atomic E-state index is 0.0205. The van der Waals surface area contributed by atoms with Crippen LogP contribution in [0.5, 0.6) is 0 Å². The molecule has 114 valence electrons. The number of allylic oxidation sites excluding steroid dienone is 2. The number of carboxylic acids is 2. The van der Waals surface area contributed by atoms with Crippen molar-refractivity contribution in [2.24, 2.45) is 17.3 Å². The molecule has 2 N–H and O–H groups in total. The topological polar surface area (TPSA) is 74.6 Å². The molecule has 0 aromatic carbocycles. The molecule has 20 heavy (non-hydrogen) atoms. The second-order valence-electron chi connectivity index (χ2n) is 5.37. The van der Waals surface area contributed by atoms with Crippen LogP contribution in [0.3, 0.4) is 0 Å². The van der Waals surface area contributed by atoms with E-state index in [1.54, 1.807) is 12.2 Å². The molecule has 0 spiro atoms. The molecular weight excluding hydrogens is 256 g/mol. The Morgan fingerprint density at radius 3 is 2.00 bits per heavy atom. The molecule has 0 aliphatic rings. The fraction of sp³-hybridized carbons (Fsp3) is 0.625. The first kappa shape index (κ1) is 18.4. The van der Waals surface area contributed by atoms with Crippen molar-refractivity contribution < 1.29 is 19.8 Å². The highest BCUT2D eigenvalue weighted by Crippen LogP contribution is 2.44. The molecule has 0 saturated carbocycles. The van der Waals surface area contributed by atoms with Crippen molar-refractivity contribution in [3.8, 4) is 0 Å². The van der Waals surface area contributed by atoms with E-state index in [4.69, 9.17) is 5.11 Å². The van der Waals surface area contributed by atoms with E-state index in [1.807, 2.05) is 13.8 Å². The predicted molar refractivity (Wildman–Crippen MR) is 79.5 cm³/mol. The lowest BCUT2D eigenvalue weighted by atomic mass is 9.64. The Morgan fingerprint density at radius 2 is 1.70 bits per heavy atom. The van der Waals surface area contributed by atoms with Crippen LogP contribution in [-0.4, -0.2) is 22.2 Å². The van der Waals surface area contributed by atoms with Gasteiger partial charge in [-0.1, -0.05) is 32.4 Å². The summed E-state index contributed by atoms with van der Waals surface area (Å²) in [5.41, 5.74) is -0.934. The van der Waals surface area contributed by atoms with Crippen molar-refractivity contribution in [2.75, 3.05) is 0 Å². The van der Waals surface area contributed by atoms with Crippen molar-refractivity contribution in [1.82, 2.24) is 0 Å². The zero-order valence-electron chi connectivity index (χ0n) is 12.5. The molecule has 0 aliphatic carbocycles. The molecule has 2 unspecified atom stereocenters. The lowest BCUT2D eigenvalue weighted by molar-refractivity contribution is -0.154. The van der Waals surface area contributed by atoms with Gasteiger partial charge in [0.1, 0.15) is 0 Å². The third-order valence-corrected chi connectivity index (χ3v) is 4.09. The summed E-state index contributed by atoms with van der Waals surface area (Å²) in [6.45, 7) is 11.2. The van der Waals surface area contributed by atoms with E-state index in [0.717, 1.165) is 0 Å². The van der Waals surface area contributed by atoms with Gasteiger partial charge in [-0.05, 0) is 31.1 Å². The van der Waals surface area contributed by atoms with Crippen LogP contribution in [0.1, 0.15) is 46.0 Å². The van der Waals surface area contributed by atoms with E-state index in [0.29, 0.717) is 25.7 Å². The van der Waals surface area contributed by atoms with Crippen LogP contribution in [0.25, 0.3) is 0 Å². The molecular formula is C16H26O4. The van der Waals surface area contributed by atoms with E-state index in [2.05, 4.69) is 13.2 Å². The third kappa shape index (κ3) is 4.51. The average Bonchev–Trinajstić information content (AvgIpc) is 2.37. The normalized spacial score (nSPS) is 14.3. The molecule has 0 heterocycles. The maximum atomic E-state index is 11.8. The van der Waals surface area contributed by atoms with Gasteiger partial charge in [-0.15, -0.1) is 13.2 Å². The fourth-order valence-corrected chi connectivity index (χ4v) is 3.12. The molecule has 4 heteroatoms. The Balaban J connectivity index is 5.34. The number of hydrogen-bond donors (Lipinski definition) is 2. The third-order valence-electron chi connectivity index (χ3n) is 4.09. The number of hydrogen-bond acceptors (Lipinski definition) is 2. The minimum atomic E-state index is -0.934. The van der Waals surface area contributed by atoms with Crippen LogP contribution >= 0.6 is 0 Å². The minimum Gasteiger partial charge on any atom is -0.481 e. The van der Waals surface area contributed by atoms with Gasteiger partial charge in [0.05, 0.1) is 5.41 Å². The molecule has 0 amide bonds. The summed E-state index contributed by atoms with van der Waals surface area (Å²) in [6.07, 6.45) is 5.23. The van der Waals surface area contributed by atoms with E-state index in [1.165, 1.54) is 0 Å². The Morgan fingerprint density at radius 1 is 1.20 bits per heavy atom. The Bertz CT molecular complexity index is 349. The second-order valence-corrected chi connectivity index (χ2v) is 5.37. The van der Waals surface area contributed by atoms with Crippen LogP contribution in [0.15, 0.2) is 25.3 Å². The van der Waals surface area contributed by atoms with Gasteiger partial charge >= 0.3 is 11.9 Å². The molecule has 0 saturated heterocycles. The highest BCUT2D eigenvalue weighted by atomic mass is 16.4. The lowest BCUT2D eigenvalue weighted by Crippen LogP contribution is -2.41. The van der Waals surface area contributed by atoms with Crippen molar-refractivity contribution in [3.05, 3.63) is 25.3 Å². The lowest BCUT2D eigenvalue weighted by Gasteiger charge is -2.39. The zero-order valence-corrected chi connectivity index (χ0v) is 12.5. The molecule has 0 aromatic heterocycles. The smallest absolute Gasteiger partial charge is 0.310 e. The Kier molecular flexibility index (Phi) is 7.89. The number of aliphatic carboxylic acids is 2. The highest BCUT2D eigenvalue weighted by Gasteiger charge is 2.45. The first-order valence-electron chi connectivity index (χ1n) is 7.02. The summed E-state index contributed by atoms with van der Waals surface area (Å²) in [6, 6.07) is 0. The van der Waals surface area contributed by atoms with Crippen LogP contribution in [0.2, 0.25) is 0 Å². The monoisotopic (exact) mass is 282 g/mol. The SMILES string of the molecule is C=CCC(CC=C)(C(=O)O)C(CC)C(C)CCC(=O)O. The fourth-order valence-electron chi connectivity index (χ4n) is 3.12. The van der Waals surface area contributed by atoms with E-state index >= 15 is 0 Å². The van der Waals surface area contributed by atoms with Gasteiger partial charge in [0.15, 0.2) is 0 Å². The van der Waals surface area contributed by atoms with Gasteiger partial charge in [-0.2, -0.15) is 0 Å². The maximum Gasteiger partial charge on any atom is 0.310 e. The molecule has 0 radical (unpaired) electrons. The van der Waals surface area contributed by atoms with Crippen molar-refractivity contribution in [1.29, 1.82) is 0 Å². The summed E-state index contributed by atoms with van der Waals surface area (Å²) >= 11 is 0. The molecule has 0 rings (SSSR count). The van der Waals surface area contributed by atoms with Crippen LogP contribution in [0.4, 0.5) is 0 Å². The summed E-state index contributed by atoms with van der Waals surface area (Å²) in [5.74, 6) is -1.78. The molecule has 0 fully saturated rings. The molecule has 0 aliphatic heterocycles. The van der Waals surface area contributed by atoms with Crippen molar-refractivity contribution in [3.63, 3.8) is 0 Å². The summed E-state index contributed by atoms with van der Waals surface area (Å²) in [4.78, 5) is 22.5. The molecule has 0 aromatic rings. The van der Waals surface area contributed by atoms with Gasteiger partial charge < -0.3 is 10.2 Å². The van der Waals surface area contributed by atoms with Crippen LogP contribution in [0, 0.1) is 17.3 Å². The van der Waals surface area contributed by atoms with Crippen molar-refractivity contribution in [2.45, 2.75) is 46.0 Å². The van der Waals surface area contributed by atoms with Crippen LogP contribution < -0.4 is 0 Å². The summed E-state index contributed by atoms with van der Waals surface area (Å²) < 4.78 is 0. The van der Waals surface area contributed by atoms with E-state index < -0.39 is 17.4 Å². The van der Waals surface area contributed by atoms with Gasteiger partial charge in [0, 0.05) is 6.42 Å². The largest absolute Gasteiger partial charge is 0.481 e. The summed E-state index contributed by atoms with van der Waals surface area (Å²) in [7, 11) is 0. The molecule has 4 nitrogen and oxygen atoms in total. The van der Waals surface area contributed by atoms with E-state index in [9.17, 15) is 14.7 Å². The van der Waals surface area contributed by atoms with E-state index in [-0.39, 0.29) is 18.3 Å². The predicted octanol–water partition coefficient (Wildman–Crippen LogP) is 3.74. The highest BCUT2D eigenvalue weighted by molar-refractivity contribution is 5.75. The molecule has 0 bridgehead atoms. The Labute approximate surface area is 121 Å². The zero-order chi connectivity index (χ0) is 15.8. The number of carbonyl (C=O) groups is 2. The van der Waals surface area contributed by atoms with Crippen LogP contribution in [-0.2, 0) is 9.59 Å². The standard InChI is InChI=1S/C16H26O4/c1-5-10-16(11-6-2,15(19)20)13(7-3)12(4)8-9-14(17)18/h5-6,12-13H,1-2,7-11H2,3-4H3,(H,17,18)(H,19,20). The van der Waals surface area contributed by atoms with Gasteiger partial charge in [0.25, 0.3) is 0 Å². The first-order valence-corrected chi connectivity index (χ1v) is 7.02. The maximum absolute atomic E-state index is 11.8. The van der Waals surface area contributed by atoms with Gasteiger partial charge in [-0.3, -0.25) is 9.59 Å².